The van der Waals surface area contributed by atoms with E-state index in [9.17, 15) is 14.4 Å². The summed E-state index contributed by atoms with van der Waals surface area (Å²) < 4.78 is 8.49. The van der Waals surface area contributed by atoms with Gasteiger partial charge in [-0.25, -0.2) is 0 Å². The average molecular weight is 613 g/mol. The van der Waals surface area contributed by atoms with Crippen LogP contribution < -0.4 is 5.73 Å². The fourth-order valence-corrected chi connectivity index (χ4v) is 3.11. The first kappa shape index (κ1) is 51.9. The second kappa shape index (κ2) is 42.7. The van der Waals surface area contributed by atoms with E-state index in [0.29, 0.717) is 45.7 Å². The Labute approximate surface area is 255 Å². The number of hydrogen-bond donors (Lipinski definition) is 3. The average Bonchev–Trinajstić information content (AvgIpc) is 2.94. The lowest BCUT2D eigenvalue weighted by Gasteiger charge is -2.27. The number of esters is 1. The molecule has 1 amide bonds. The van der Waals surface area contributed by atoms with Crippen LogP contribution in [-0.2, 0) is 33.4 Å². The van der Waals surface area contributed by atoms with Crippen LogP contribution in [-0.4, -0.2) is 129 Å². The number of carbonyl (C=O) groups excluding carboxylic acids is 3. The first-order chi connectivity index (χ1) is 19.8. The van der Waals surface area contributed by atoms with E-state index in [4.69, 9.17) is 19.8 Å². The quantitative estimate of drug-likeness (QED) is 0.162. The Kier molecular flexibility index (Phi) is 52.8. The van der Waals surface area contributed by atoms with E-state index in [1.54, 1.807) is 9.80 Å². The van der Waals surface area contributed by atoms with Crippen molar-refractivity contribution in [3.8, 4) is 0 Å². The minimum Gasteiger partial charge on any atom is -0.480 e. The Morgan fingerprint density at radius 3 is 1.21 bits per heavy atom. The molecule has 0 unspecified atom stereocenters. The SMILES string of the molecule is CC.CC.CC(C)CC(C)C.CCN(CCN(CCN(CC)CC(=O)OC)CC(=O)O)CC(=O)O.COC=O.NC=O. The van der Waals surface area contributed by atoms with Gasteiger partial charge in [0, 0.05) is 26.2 Å². The van der Waals surface area contributed by atoms with Crippen molar-refractivity contribution in [3.63, 3.8) is 0 Å². The minimum absolute atomic E-state index is 0.0686. The molecule has 0 aromatic rings. The van der Waals surface area contributed by atoms with Gasteiger partial charge in [0.1, 0.15) is 0 Å². The molecule has 0 saturated carbocycles. The largest absolute Gasteiger partial charge is 0.480 e. The molecule has 0 rings (SSSR count). The number of nitrogens with two attached hydrogens (primary N) is 1. The Morgan fingerprint density at radius 2 is 1.00 bits per heavy atom. The maximum absolute atomic E-state index is 11.3. The molecule has 0 aromatic carbocycles. The van der Waals surface area contributed by atoms with Crippen molar-refractivity contribution >= 4 is 30.8 Å². The van der Waals surface area contributed by atoms with Crippen LogP contribution in [0.2, 0.25) is 0 Å². The number of ether oxygens (including phenoxy) is 2. The molecule has 0 aromatic heterocycles. The highest BCUT2D eigenvalue weighted by molar-refractivity contribution is 5.71. The number of rotatable bonds is 17. The van der Waals surface area contributed by atoms with Gasteiger partial charge in [-0.3, -0.25) is 38.7 Å². The first-order valence-electron chi connectivity index (χ1n) is 14.6. The summed E-state index contributed by atoms with van der Waals surface area (Å²) in [6, 6.07) is 0. The molecule has 0 aliphatic carbocycles. The molecule has 0 aliphatic heterocycles. The van der Waals surface area contributed by atoms with Crippen molar-refractivity contribution in [2.24, 2.45) is 17.6 Å². The van der Waals surface area contributed by atoms with E-state index in [2.05, 4.69) is 42.9 Å². The summed E-state index contributed by atoms with van der Waals surface area (Å²) in [5.74, 6) is -0.426. The number of hydrogen-bond acceptors (Lipinski definition) is 10. The van der Waals surface area contributed by atoms with Gasteiger partial charge in [0.15, 0.2) is 0 Å². The summed E-state index contributed by atoms with van der Waals surface area (Å²) in [6.45, 7) is 24.3. The Hall–Kier alpha value is -2.77. The van der Waals surface area contributed by atoms with Gasteiger partial charge in [0.25, 0.3) is 6.47 Å². The molecule has 42 heavy (non-hydrogen) atoms. The van der Waals surface area contributed by atoms with Crippen LogP contribution in [0.25, 0.3) is 0 Å². The Balaban J connectivity index is -0.000000147. The number of aliphatic carboxylic acids is 2. The molecule has 0 atom stereocenters. The number of carboxylic acids is 2. The molecule has 0 spiro atoms. The van der Waals surface area contributed by atoms with Gasteiger partial charge in [0.05, 0.1) is 33.9 Å². The molecular weight excluding hydrogens is 548 g/mol. The van der Waals surface area contributed by atoms with Gasteiger partial charge >= 0.3 is 17.9 Å². The van der Waals surface area contributed by atoms with E-state index in [1.165, 1.54) is 20.6 Å². The number of likely N-dealkylation sites (N-methyl/N-ethyl adjacent to an activating group) is 2. The molecule has 0 fully saturated rings. The van der Waals surface area contributed by atoms with Crippen LogP contribution in [0.1, 0.15) is 75.7 Å². The van der Waals surface area contributed by atoms with E-state index in [0.717, 1.165) is 11.8 Å². The molecule has 13 heteroatoms. The van der Waals surface area contributed by atoms with Gasteiger partial charge in [-0.05, 0) is 31.3 Å². The molecule has 0 radical (unpaired) electrons. The normalized spacial score (nSPS) is 9.36. The maximum Gasteiger partial charge on any atom is 0.319 e. The highest BCUT2D eigenvalue weighted by atomic mass is 16.5. The topological polar surface area (TPSA) is 180 Å². The molecule has 13 nitrogen and oxygen atoms in total. The third-order valence-corrected chi connectivity index (χ3v) is 4.70. The lowest BCUT2D eigenvalue weighted by Crippen LogP contribution is -2.43. The Morgan fingerprint density at radius 1 is 0.714 bits per heavy atom. The minimum atomic E-state index is -0.938. The van der Waals surface area contributed by atoms with Crippen molar-refractivity contribution in [2.45, 2.75) is 75.7 Å². The van der Waals surface area contributed by atoms with Crippen molar-refractivity contribution in [3.05, 3.63) is 0 Å². The summed E-state index contributed by atoms with van der Waals surface area (Å²) in [6.07, 6.45) is 1.61. The second-order valence-corrected chi connectivity index (χ2v) is 8.87. The zero-order chi connectivity index (χ0) is 34.5. The van der Waals surface area contributed by atoms with Crippen LogP contribution in [0.5, 0.6) is 0 Å². The van der Waals surface area contributed by atoms with Crippen LogP contribution in [0.15, 0.2) is 0 Å². The van der Waals surface area contributed by atoms with E-state index < -0.39 is 11.9 Å². The van der Waals surface area contributed by atoms with Crippen molar-refractivity contribution in [2.75, 3.05) is 73.1 Å². The molecule has 4 N–H and O–H groups in total. The molecule has 254 valence electrons. The summed E-state index contributed by atoms with van der Waals surface area (Å²) in [4.78, 5) is 56.0. The third kappa shape index (κ3) is 53.5. The van der Waals surface area contributed by atoms with Crippen molar-refractivity contribution < 1.29 is 43.7 Å². The summed E-state index contributed by atoms with van der Waals surface area (Å²) >= 11 is 0. The van der Waals surface area contributed by atoms with Crippen LogP contribution >= 0.6 is 0 Å². The van der Waals surface area contributed by atoms with Gasteiger partial charge in [-0.15, -0.1) is 0 Å². The summed E-state index contributed by atoms with van der Waals surface area (Å²) in [5.41, 5.74) is 4.17. The smallest absolute Gasteiger partial charge is 0.319 e. The maximum atomic E-state index is 11.3. The predicted molar refractivity (Wildman–Crippen MR) is 168 cm³/mol. The lowest BCUT2D eigenvalue weighted by molar-refractivity contribution is -0.142. The van der Waals surface area contributed by atoms with Crippen molar-refractivity contribution in [1.82, 2.24) is 14.7 Å². The van der Waals surface area contributed by atoms with Gasteiger partial charge in [-0.1, -0.05) is 69.2 Å². The zero-order valence-electron chi connectivity index (χ0n) is 28.6. The highest BCUT2D eigenvalue weighted by Crippen LogP contribution is 2.08. The standard InChI is InChI=1S/C15H29N3O6.C7H16.C2H4O2.2C2H6.CH3NO/c1-4-16(10-13(19)20)6-8-18(11-14(21)22)9-7-17(5-2)12-15(23)24-3;1-6(2)5-7(3)4;1-4-2-3;2*1-2;2-1-3/h4-12H2,1-3H3,(H,19,20)(H,21,22);6-7H,5H2,1-4H3;2H,1H3;2*1-2H3;1H,(H2,2,3). The number of methoxy groups -OCH3 is 2. The Bertz CT molecular complexity index is 602. The first-order valence-corrected chi connectivity index (χ1v) is 14.6. The molecule has 0 aliphatic rings. The fourth-order valence-electron chi connectivity index (χ4n) is 3.11. The van der Waals surface area contributed by atoms with Gasteiger partial charge < -0.3 is 25.4 Å². The van der Waals surface area contributed by atoms with Gasteiger partial charge in [0.2, 0.25) is 6.41 Å². The molecular formula is C29H64N4O9. The zero-order valence-corrected chi connectivity index (χ0v) is 28.6. The van der Waals surface area contributed by atoms with Crippen LogP contribution in [0.4, 0.5) is 0 Å². The summed E-state index contributed by atoms with van der Waals surface area (Å²) in [5, 5.41) is 17.9. The lowest BCUT2D eigenvalue weighted by atomic mass is 10.0. The molecule has 0 saturated heterocycles. The van der Waals surface area contributed by atoms with E-state index in [1.807, 2.05) is 46.4 Å². The molecule has 0 bridgehead atoms. The van der Waals surface area contributed by atoms with E-state index >= 15 is 0 Å². The van der Waals surface area contributed by atoms with Crippen LogP contribution in [0.3, 0.4) is 0 Å². The summed E-state index contributed by atoms with van der Waals surface area (Å²) in [7, 11) is 2.64. The fraction of sp³-hybridized carbons (Fsp3) is 0.828. The van der Waals surface area contributed by atoms with Gasteiger partial charge in [-0.2, -0.15) is 0 Å². The monoisotopic (exact) mass is 612 g/mol. The predicted octanol–water partition coefficient (Wildman–Crippen LogP) is 2.91. The number of carboxylic acid groups (broad SMARTS) is 2. The number of primary amides is 1. The van der Waals surface area contributed by atoms with E-state index in [-0.39, 0.29) is 32.0 Å². The number of amides is 1. The second-order valence-electron chi connectivity index (χ2n) is 8.87. The number of carbonyl (C=O) groups is 5. The number of nitrogens with zero attached hydrogens (tertiary/aromatic N) is 3. The van der Waals surface area contributed by atoms with Crippen LogP contribution in [0, 0.1) is 11.8 Å². The third-order valence-electron chi connectivity index (χ3n) is 4.70. The molecule has 0 heterocycles. The van der Waals surface area contributed by atoms with Crippen molar-refractivity contribution in [1.29, 1.82) is 0 Å². The highest BCUT2D eigenvalue weighted by Gasteiger charge is 2.15.